The molecular weight excluding hydrogens is 264 g/mol. The van der Waals surface area contributed by atoms with Crippen molar-refractivity contribution in [3.63, 3.8) is 0 Å². The van der Waals surface area contributed by atoms with Gasteiger partial charge in [0.25, 0.3) is 0 Å². The van der Waals surface area contributed by atoms with Crippen LogP contribution in [0.2, 0.25) is 0 Å². The summed E-state index contributed by atoms with van der Waals surface area (Å²) >= 11 is 0. The van der Waals surface area contributed by atoms with Crippen molar-refractivity contribution in [2.75, 3.05) is 19.0 Å². The van der Waals surface area contributed by atoms with Gasteiger partial charge in [0.15, 0.2) is 0 Å². The molecule has 0 saturated carbocycles. The number of benzene rings is 1. The van der Waals surface area contributed by atoms with Crippen LogP contribution in [0.25, 0.3) is 0 Å². The lowest BCUT2D eigenvalue weighted by molar-refractivity contribution is 0.128. The molecule has 0 bridgehead atoms. The third-order valence-electron chi connectivity index (χ3n) is 2.55. The molecular formula is C13H22N2O3S. The van der Waals surface area contributed by atoms with Crippen LogP contribution in [-0.2, 0) is 14.8 Å². The van der Waals surface area contributed by atoms with E-state index in [9.17, 15) is 8.42 Å². The van der Waals surface area contributed by atoms with Gasteiger partial charge in [-0.05, 0) is 32.9 Å². The van der Waals surface area contributed by atoms with E-state index >= 15 is 0 Å². The third-order valence-corrected chi connectivity index (χ3v) is 4.27. The van der Waals surface area contributed by atoms with Crippen LogP contribution in [0.5, 0.6) is 0 Å². The summed E-state index contributed by atoms with van der Waals surface area (Å²) in [6.07, 6.45) is 0.00816. The third kappa shape index (κ3) is 4.81. The Morgan fingerprint density at radius 1 is 1.21 bits per heavy atom. The normalized spacial score (nSPS) is 13.5. The fourth-order valence-electron chi connectivity index (χ4n) is 1.56. The molecule has 6 heteroatoms. The molecule has 19 heavy (non-hydrogen) atoms. The molecule has 0 amide bonds. The van der Waals surface area contributed by atoms with E-state index in [0.717, 1.165) is 0 Å². The predicted octanol–water partition coefficient (Wildman–Crippen LogP) is 1.82. The van der Waals surface area contributed by atoms with Gasteiger partial charge in [-0.1, -0.05) is 12.1 Å². The Kier molecular flexibility index (Phi) is 5.78. The molecule has 1 atom stereocenters. The molecule has 1 unspecified atom stereocenters. The molecule has 0 saturated heterocycles. The minimum Gasteiger partial charge on any atom is -0.381 e. The Hall–Kier alpha value is -1.11. The quantitative estimate of drug-likeness (QED) is 0.802. The summed E-state index contributed by atoms with van der Waals surface area (Å²) in [5, 5.41) is 3.10. The van der Waals surface area contributed by atoms with E-state index < -0.39 is 10.0 Å². The highest BCUT2D eigenvalue weighted by molar-refractivity contribution is 7.89. The van der Waals surface area contributed by atoms with Crippen LogP contribution < -0.4 is 10.0 Å². The van der Waals surface area contributed by atoms with Crippen molar-refractivity contribution in [1.82, 2.24) is 4.72 Å². The number of anilines is 1. The molecule has 0 radical (unpaired) electrons. The average Bonchev–Trinajstić information content (AvgIpc) is 2.34. The van der Waals surface area contributed by atoms with Gasteiger partial charge in [-0.2, -0.15) is 0 Å². The fourth-order valence-corrected chi connectivity index (χ4v) is 2.99. The van der Waals surface area contributed by atoms with E-state index in [0.29, 0.717) is 12.2 Å². The lowest BCUT2D eigenvalue weighted by Gasteiger charge is -2.16. The van der Waals surface area contributed by atoms with Crippen molar-refractivity contribution in [2.45, 2.75) is 37.8 Å². The van der Waals surface area contributed by atoms with E-state index in [2.05, 4.69) is 10.0 Å². The van der Waals surface area contributed by atoms with E-state index in [1.807, 2.05) is 6.92 Å². The van der Waals surface area contributed by atoms with Crippen LogP contribution in [0.1, 0.15) is 20.8 Å². The van der Waals surface area contributed by atoms with E-state index in [4.69, 9.17) is 4.74 Å². The molecule has 0 aliphatic heterocycles. The first-order chi connectivity index (χ1) is 8.86. The molecule has 0 aliphatic rings. The van der Waals surface area contributed by atoms with Crippen molar-refractivity contribution < 1.29 is 13.2 Å². The van der Waals surface area contributed by atoms with Crippen LogP contribution >= 0.6 is 0 Å². The van der Waals surface area contributed by atoms with Gasteiger partial charge in [0, 0.05) is 19.7 Å². The summed E-state index contributed by atoms with van der Waals surface area (Å²) in [5.74, 6) is 0. The number of para-hydroxylation sites is 1. The van der Waals surface area contributed by atoms with Crippen LogP contribution in [0.4, 0.5) is 5.69 Å². The zero-order valence-electron chi connectivity index (χ0n) is 11.8. The summed E-state index contributed by atoms with van der Waals surface area (Å²) in [4.78, 5) is 0.256. The number of rotatable bonds is 7. The molecule has 1 aromatic carbocycles. The van der Waals surface area contributed by atoms with Gasteiger partial charge in [-0.15, -0.1) is 0 Å². The van der Waals surface area contributed by atoms with E-state index in [1.54, 1.807) is 45.2 Å². The lowest BCUT2D eigenvalue weighted by atomic mass is 10.3. The molecule has 2 N–H and O–H groups in total. The number of ether oxygens (including phenoxy) is 1. The topological polar surface area (TPSA) is 67.4 Å². The Morgan fingerprint density at radius 3 is 2.42 bits per heavy atom. The smallest absolute Gasteiger partial charge is 0.242 e. The van der Waals surface area contributed by atoms with Gasteiger partial charge >= 0.3 is 0 Å². The van der Waals surface area contributed by atoms with Gasteiger partial charge in [0.1, 0.15) is 4.90 Å². The Morgan fingerprint density at radius 2 is 1.84 bits per heavy atom. The number of nitrogens with one attached hydrogen (secondary N) is 2. The molecule has 1 aromatic rings. The number of methoxy groups -OCH3 is 1. The summed E-state index contributed by atoms with van der Waals surface area (Å²) in [5.41, 5.74) is 0.583. The maximum absolute atomic E-state index is 12.2. The minimum atomic E-state index is -3.50. The van der Waals surface area contributed by atoms with Crippen molar-refractivity contribution >= 4 is 15.7 Å². The number of hydrogen-bond donors (Lipinski definition) is 2. The van der Waals surface area contributed by atoms with Crippen molar-refractivity contribution in [1.29, 1.82) is 0 Å². The number of hydrogen-bond acceptors (Lipinski definition) is 4. The summed E-state index contributed by atoms with van der Waals surface area (Å²) in [6, 6.07) is 6.70. The standard InChI is InChI=1S/C13H22N2O3S/c1-10(2)15-19(16,17)13-8-6-5-7-12(13)14-9-11(3)18-4/h5-8,10-11,14-15H,9H2,1-4H3. The van der Waals surface area contributed by atoms with Crippen LogP contribution in [0, 0.1) is 0 Å². The second-order valence-corrected chi connectivity index (χ2v) is 6.38. The highest BCUT2D eigenvalue weighted by Gasteiger charge is 2.19. The second-order valence-electron chi connectivity index (χ2n) is 4.70. The van der Waals surface area contributed by atoms with Gasteiger partial charge < -0.3 is 10.1 Å². The van der Waals surface area contributed by atoms with E-state index in [1.165, 1.54) is 0 Å². The Labute approximate surface area is 115 Å². The first kappa shape index (κ1) is 15.9. The predicted molar refractivity (Wildman–Crippen MR) is 76.9 cm³/mol. The molecule has 0 aliphatic carbocycles. The van der Waals surface area contributed by atoms with Gasteiger partial charge in [-0.3, -0.25) is 0 Å². The molecule has 0 heterocycles. The summed E-state index contributed by atoms with van der Waals surface area (Å²) < 4.78 is 32.1. The maximum atomic E-state index is 12.2. The molecule has 0 aromatic heterocycles. The molecule has 1 rings (SSSR count). The number of sulfonamides is 1. The minimum absolute atomic E-state index is 0.00816. The van der Waals surface area contributed by atoms with Crippen molar-refractivity contribution in [3.8, 4) is 0 Å². The first-order valence-electron chi connectivity index (χ1n) is 6.25. The molecule has 0 spiro atoms. The summed E-state index contributed by atoms with van der Waals surface area (Å²) in [6.45, 7) is 6.04. The summed E-state index contributed by atoms with van der Waals surface area (Å²) in [7, 11) is -1.88. The zero-order valence-corrected chi connectivity index (χ0v) is 12.6. The molecule has 0 fully saturated rings. The van der Waals surface area contributed by atoms with Crippen LogP contribution in [0.15, 0.2) is 29.2 Å². The Bertz CT molecular complexity index is 500. The first-order valence-corrected chi connectivity index (χ1v) is 7.73. The van der Waals surface area contributed by atoms with Crippen LogP contribution in [-0.4, -0.2) is 34.2 Å². The highest BCUT2D eigenvalue weighted by atomic mass is 32.2. The SMILES string of the molecule is COC(C)CNc1ccccc1S(=O)(=O)NC(C)C. The van der Waals surface area contributed by atoms with Gasteiger partial charge in [0.2, 0.25) is 10.0 Å². The largest absolute Gasteiger partial charge is 0.381 e. The van der Waals surface area contributed by atoms with Crippen molar-refractivity contribution in [2.24, 2.45) is 0 Å². The zero-order chi connectivity index (χ0) is 14.5. The van der Waals surface area contributed by atoms with Gasteiger partial charge in [0.05, 0.1) is 11.8 Å². The average molecular weight is 286 g/mol. The van der Waals surface area contributed by atoms with Gasteiger partial charge in [-0.25, -0.2) is 13.1 Å². The van der Waals surface area contributed by atoms with Crippen LogP contribution in [0.3, 0.4) is 0 Å². The van der Waals surface area contributed by atoms with E-state index in [-0.39, 0.29) is 17.0 Å². The molecule has 5 nitrogen and oxygen atoms in total. The fraction of sp³-hybridized carbons (Fsp3) is 0.538. The monoisotopic (exact) mass is 286 g/mol. The molecule has 108 valence electrons. The van der Waals surface area contributed by atoms with Crippen molar-refractivity contribution in [3.05, 3.63) is 24.3 Å². The maximum Gasteiger partial charge on any atom is 0.242 e. The second kappa shape index (κ2) is 6.88. The lowest BCUT2D eigenvalue weighted by Crippen LogP contribution is -2.31. The Balaban J connectivity index is 2.96. The highest BCUT2D eigenvalue weighted by Crippen LogP contribution is 2.20.